The molecule has 0 aliphatic carbocycles. The predicted molar refractivity (Wildman–Crippen MR) is 73.0 cm³/mol. The van der Waals surface area contributed by atoms with E-state index in [0.717, 1.165) is 16.3 Å². The molecular formula is C15H17NO2. The molecule has 0 aromatic heterocycles. The molecule has 2 aromatic rings. The van der Waals surface area contributed by atoms with Gasteiger partial charge < -0.3 is 10.1 Å². The first kappa shape index (κ1) is 12.7. The maximum Gasteiger partial charge on any atom is 0.177 e. The van der Waals surface area contributed by atoms with E-state index in [1.165, 1.54) is 0 Å². The van der Waals surface area contributed by atoms with Crippen LogP contribution in [0.25, 0.3) is 10.8 Å². The molecular weight excluding hydrogens is 226 g/mol. The van der Waals surface area contributed by atoms with E-state index in [2.05, 4.69) is 5.32 Å². The highest BCUT2D eigenvalue weighted by atomic mass is 16.5. The Morgan fingerprint density at radius 3 is 2.78 bits per heavy atom. The van der Waals surface area contributed by atoms with E-state index in [-0.39, 0.29) is 5.78 Å². The summed E-state index contributed by atoms with van der Waals surface area (Å²) in [7, 11) is 1.65. The molecule has 2 aromatic carbocycles. The Balaban J connectivity index is 2.13. The zero-order valence-corrected chi connectivity index (χ0v) is 10.5. The number of Topliss-reactive ketones (excluding diaryl/α,β-unsaturated/α-hetero) is 1. The van der Waals surface area contributed by atoms with Crippen molar-refractivity contribution in [1.29, 1.82) is 0 Å². The van der Waals surface area contributed by atoms with E-state index in [1.807, 2.05) is 42.5 Å². The second kappa shape index (κ2) is 6.28. The largest absolute Gasteiger partial charge is 0.383 e. The Labute approximate surface area is 107 Å². The Morgan fingerprint density at radius 1 is 1.17 bits per heavy atom. The Bertz CT molecular complexity index is 532. The summed E-state index contributed by atoms with van der Waals surface area (Å²) >= 11 is 0. The lowest BCUT2D eigenvalue weighted by atomic mass is 10.0. The third kappa shape index (κ3) is 2.94. The minimum Gasteiger partial charge on any atom is -0.383 e. The third-order valence-electron chi connectivity index (χ3n) is 2.86. The molecule has 0 atom stereocenters. The summed E-state index contributed by atoms with van der Waals surface area (Å²) in [5.74, 6) is 0.114. The Hall–Kier alpha value is -1.71. The average Bonchev–Trinajstić information content (AvgIpc) is 2.43. The summed E-state index contributed by atoms with van der Waals surface area (Å²) in [4.78, 5) is 12.1. The summed E-state index contributed by atoms with van der Waals surface area (Å²) in [6.07, 6.45) is 0. The molecule has 18 heavy (non-hydrogen) atoms. The minimum absolute atomic E-state index is 0.114. The molecule has 0 heterocycles. The number of carbonyl (C=O) groups is 1. The quantitative estimate of drug-likeness (QED) is 0.624. The Kier molecular flexibility index (Phi) is 4.45. The van der Waals surface area contributed by atoms with Crippen LogP contribution in [0.1, 0.15) is 10.4 Å². The fourth-order valence-corrected chi connectivity index (χ4v) is 1.94. The van der Waals surface area contributed by atoms with E-state index in [4.69, 9.17) is 4.74 Å². The number of fused-ring (bicyclic) bond motifs is 1. The molecule has 0 aliphatic rings. The summed E-state index contributed by atoms with van der Waals surface area (Å²) < 4.78 is 4.93. The van der Waals surface area contributed by atoms with E-state index >= 15 is 0 Å². The molecule has 0 fully saturated rings. The van der Waals surface area contributed by atoms with E-state index in [0.29, 0.717) is 19.7 Å². The fraction of sp³-hybridized carbons (Fsp3) is 0.267. The topological polar surface area (TPSA) is 38.3 Å². The maximum absolute atomic E-state index is 12.1. The van der Waals surface area contributed by atoms with Crippen molar-refractivity contribution in [3.05, 3.63) is 48.0 Å². The van der Waals surface area contributed by atoms with Crippen LogP contribution in [0.5, 0.6) is 0 Å². The number of hydrogen-bond donors (Lipinski definition) is 1. The molecule has 0 aliphatic heterocycles. The molecule has 1 N–H and O–H groups in total. The van der Waals surface area contributed by atoms with Crippen molar-refractivity contribution in [1.82, 2.24) is 5.32 Å². The first-order valence-corrected chi connectivity index (χ1v) is 6.03. The van der Waals surface area contributed by atoms with Crippen LogP contribution in [-0.2, 0) is 4.74 Å². The molecule has 0 bridgehead atoms. The van der Waals surface area contributed by atoms with Gasteiger partial charge in [-0.05, 0) is 10.8 Å². The molecule has 0 amide bonds. The number of ether oxygens (including phenoxy) is 1. The lowest BCUT2D eigenvalue weighted by molar-refractivity contribution is 0.0989. The molecule has 0 radical (unpaired) electrons. The average molecular weight is 243 g/mol. The maximum atomic E-state index is 12.1. The van der Waals surface area contributed by atoms with Gasteiger partial charge in [-0.1, -0.05) is 42.5 Å². The summed E-state index contributed by atoms with van der Waals surface area (Å²) in [5, 5.41) is 5.18. The van der Waals surface area contributed by atoms with Gasteiger partial charge in [-0.2, -0.15) is 0 Å². The minimum atomic E-state index is 0.114. The number of ketones is 1. The number of nitrogens with one attached hydrogen (secondary N) is 1. The molecule has 94 valence electrons. The highest BCUT2D eigenvalue weighted by Gasteiger charge is 2.08. The van der Waals surface area contributed by atoms with Gasteiger partial charge in [-0.3, -0.25) is 4.79 Å². The second-order valence-electron chi connectivity index (χ2n) is 4.12. The van der Waals surface area contributed by atoms with Crippen LogP contribution < -0.4 is 5.32 Å². The fourth-order valence-electron chi connectivity index (χ4n) is 1.94. The van der Waals surface area contributed by atoms with Crippen molar-refractivity contribution in [3.8, 4) is 0 Å². The van der Waals surface area contributed by atoms with Gasteiger partial charge >= 0.3 is 0 Å². The Morgan fingerprint density at radius 2 is 1.94 bits per heavy atom. The van der Waals surface area contributed by atoms with Crippen LogP contribution in [0.4, 0.5) is 0 Å². The van der Waals surface area contributed by atoms with Gasteiger partial charge in [0, 0.05) is 19.2 Å². The van der Waals surface area contributed by atoms with Crippen LogP contribution in [0, 0.1) is 0 Å². The second-order valence-corrected chi connectivity index (χ2v) is 4.12. The lowest BCUT2D eigenvalue weighted by Gasteiger charge is -2.06. The molecule has 2 rings (SSSR count). The molecule has 3 heteroatoms. The SMILES string of the molecule is COCCNCC(=O)c1cccc2ccccc12. The molecule has 0 saturated heterocycles. The van der Waals surface area contributed by atoms with Crippen LogP contribution in [0.2, 0.25) is 0 Å². The van der Waals surface area contributed by atoms with Gasteiger partial charge in [0.2, 0.25) is 0 Å². The van der Waals surface area contributed by atoms with Gasteiger partial charge in [0.25, 0.3) is 0 Å². The molecule has 3 nitrogen and oxygen atoms in total. The lowest BCUT2D eigenvalue weighted by Crippen LogP contribution is -2.26. The van der Waals surface area contributed by atoms with Crippen LogP contribution in [-0.4, -0.2) is 32.6 Å². The van der Waals surface area contributed by atoms with Crippen LogP contribution in [0.3, 0.4) is 0 Å². The van der Waals surface area contributed by atoms with Crippen molar-refractivity contribution >= 4 is 16.6 Å². The highest BCUT2D eigenvalue weighted by Crippen LogP contribution is 2.18. The number of rotatable bonds is 6. The summed E-state index contributed by atoms with van der Waals surface area (Å²) in [6.45, 7) is 1.65. The first-order valence-electron chi connectivity index (χ1n) is 6.03. The number of hydrogen-bond acceptors (Lipinski definition) is 3. The zero-order valence-electron chi connectivity index (χ0n) is 10.5. The van der Waals surface area contributed by atoms with Gasteiger partial charge in [-0.25, -0.2) is 0 Å². The molecule has 0 spiro atoms. The van der Waals surface area contributed by atoms with Crippen LogP contribution in [0.15, 0.2) is 42.5 Å². The highest BCUT2D eigenvalue weighted by molar-refractivity contribution is 6.08. The van der Waals surface area contributed by atoms with Crippen molar-refractivity contribution < 1.29 is 9.53 Å². The monoisotopic (exact) mass is 243 g/mol. The van der Waals surface area contributed by atoms with Gasteiger partial charge in [0.15, 0.2) is 5.78 Å². The number of carbonyl (C=O) groups excluding carboxylic acids is 1. The number of benzene rings is 2. The zero-order chi connectivity index (χ0) is 12.8. The van der Waals surface area contributed by atoms with Crippen molar-refractivity contribution in [2.45, 2.75) is 0 Å². The standard InChI is InChI=1S/C15H17NO2/c1-18-10-9-16-11-15(17)14-8-4-6-12-5-2-3-7-13(12)14/h2-8,16H,9-11H2,1H3. The van der Waals surface area contributed by atoms with E-state index in [1.54, 1.807) is 7.11 Å². The molecule has 0 saturated carbocycles. The third-order valence-corrected chi connectivity index (χ3v) is 2.86. The summed E-state index contributed by atoms with van der Waals surface area (Å²) in [5.41, 5.74) is 0.776. The first-order chi connectivity index (χ1) is 8.83. The van der Waals surface area contributed by atoms with Gasteiger partial charge in [-0.15, -0.1) is 0 Å². The van der Waals surface area contributed by atoms with E-state index < -0.39 is 0 Å². The normalized spacial score (nSPS) is 10.7. The van der Waals surface area contributed by atoms with Gasteiger partial charge in [0.1, 0.15) is 0 Å². The molecule has 0 unspecified atom stereocenters. The van der Waals surface area contributed by atoms with Crippen molar-refractivity contribution in [2.75, 3.05) is 26.8 Å². The summed E-state index contributed by atoms with van der Waals surface area (Å²) in [6, 6.07) is 13.8. The smallest absolute Gasteiger partial charge is 0.177 e. The number of methoxy groups -OCH3 is 1. The van der Waals surface area contributed by atoms with Crippen molar-refractivity contribution in [2.24, 2.45) is 0 Å². The van der Waals surface area contributed by atoms with Crippen molar-refractivity contribution in [3.63, 3.8) is 0 Å². The van der Waals surface area contributed by atoms with E-state index in [9.17, 15) is 4.79 Å². The predicted octanol–water partition coefficient (Wildman–Crippen LogP) is 2.26. The van der Waals surface area contributed by atoms with Gasteiger partial charge in [0.05, 0.1) is 13.2 Å². The van der Waals surface area contributed by atoms with Crippen LogP contribution >= 0.6 is 0 Å².